The van der Waals surface area contributed by atoms with Crippen LogP contribution < -0.4 is 74.2 Å². The summed E-state index contributed by atoms with van der Waals surface area (Å²) in [5, 5.41) is 9.10. The maximum Gasteiger partial charge on any atom is 0.407 e. The molecule has 3 unspecified atom stereocenters. The van der Waals surface area contributed by atoms with Crippen molar-refractivity contribution in [2.75, 3.05) is 174 Å². The summed E-state index contributed by atoms with van der Waals surface area (Å²) in [6.07, 6.45) is 13.1. The predicted octanol–water partition coefficient (Wildman–Crippen LogP) is 12.9. The Bertz CT molecular complexity index is 5900. The number of anilines is 6. The van der Waals surface area contributed by atoms with Gasteiger partial charge in [-0.25, -0.2) is 64.6 Å². The second kappa shape index (κ2) is 39.7. The standard InChI is InChI=1S/C33H39N7O4.C32H38N8O3.C28H31N7O2/c1-33(2,3)44-32(41)34-22-16-17-40(20-22)30-19-25(21-12-13-26(42-6)27(18-21)43-7)36-28(37-30)14-15-29-35-24-11-9-8-10-23(24)31(38-29)39(4)5;1-38(2)20-31(41)33-22-15-16-40(19-22)30-18-25(21-11-12-26(42-5)27(17-21)43-6)35-28(36-30)13-14-29-34-24-10-8-7-9-23(24)32(37-29)39(3)4;1-34(2)28-20-7-5-6-8-21(20)30-26(33-28)12-11-25-31-22(16-27(32-25)35-14-13-19(29)17-35)18-9-10-23(36-3)24(15-18)37-4/h8-15,18-19,22H,16-17,20H2,1-7H3,(H,34,41);7-14,17-18,22H,15-16,19-20H2,1-6H3,(H,33,41);5-12,15-16,19H,13-14,17,29H2,1-4H3/b15-14+;14-13+;12-11+. The SMILES string of the molecule is COc1ccc(-c2cc(N3CCC(N)C3)nc(/C=C/c3nc(N(C)C)c4ccccc4n3)n2)cc1OC.COc1ccc(-c2cc(N3CCC(NC(=O)CN(C)C)C3)nc(/C=C/c3nc(N(C)C)c4ccccc4n3)n2)cc1OC.COc1ccc(-c2cc(N3CCC(NC(=O)OC(C)(C)C)C3)nc(/C=C/c3nc(N(C)C)c4ccccc4n3)n2)cc1OC. The number of hydrogen-bond donors (Lipinski definition) is 3. The van der Waals surface area contributed by atoms with Crippen molar-refractivity contribution in [1.82, 2.24) is 75.3 Å². The van der Waals surface area contributed by atoms with E-state index < -0.39 is 11.7 Å². The molecule has 0 saturated carbocycles. The van der Waals surface area contributed by atoms with Crippen LogP contribution in [0.3, 0.4) is 0 Å². The Balaban J connectivity index is 0.000000160. The highest BCUT2D eigenvalue weighted by molar-refractivity contribution is 5.93. The number of ether oxygens (including phenoxy) is 7. The first-order valence-electron chi connectivity index (χ1n) is 40.9. The van der Waals surface area contributed by atoms with Crippen LogP contribution in [0.25, 0.3) is 103 Å². The molecule has 6 aromatic carbocycles. The molecule has 31 nitrogen and oxygen atoms in total. The van der Waals surface area contributed by atoms with Gasteiger partial charge in [-0.3, -0.25) is 4.79 Å². The summed E-state index contributed by atoms with van der Waals surface area (Å²) in [6.45, 7) is 10.2. The number of rotatable bonds is 25. The number of aromatic nitrogens is 12. The highest BCUT2D eigenvalue weighted by atomic mass is 16.6. The van der Waals surface area contributed by atoms with Gasteiger partial charge in [0.2, 0.25) is 5.91 Å². The van der Waals surface area contributed by atoms with Gasteiger partial charge in [-0.1, -0.05) is 36.4 Å². The number of amides is 2. The first kappa shape index (κ1) is 87.9. The molecule has 3 fully saturated rings. The van der Waals surface area contributed by atoms with Gasteiger partial charge in [0, 0.05) is 145 Å². The van der Waals surface area contributed by atoms with Gasteiger partial charge in [0.15, 0.2) is 69.4 Å². The average Bonchev–Trinajstić information content (AvgIpc) is 1.03. The van der Waals surface area contributed by atoms with Crippen LogP contribution in [0.4, 0.5) is 39.7 Å². The van der Waals surface area contributed by atoms with Crippen molar-refractivity contribution in [1.29, 1.82) is 0 Å². The number of nitrogens with two attached hydrogens (primary N) is 1. The van der Waals surface area contributed by atoms with Gasteiger partial charge in [-0.2, -0.15) is 0 Å². The maximum atomic E-state index is 12.4. The van der Waals surface area contributed by atoms with E-state index in [1.807, 2.05) is 279 Å². The van der Waals surface area contributed by atoms with E-state index in [1.54, 1.807) is 42.7 Å². The van der Waals surface area contributed by atoms with Crippen molar-refractivity contribution < 1.29 is 42.7 Å². The zero-order valence-electron chi connectivity index (χ0n) is 73.4. The summed E-state index contributed by atoms with van der Waals surface area (Å²) in [5.74, 6) is 12.0. The van der Waals surface area contributed by atoms with Gasteiger partial charge in [0.25, 0.3) is 0 Å². The van der Waals surface area contributed by atoms with Crippen LogP contribution in [0.15, 0.2) is 146 Å². The number of para-hydroxylation sites is 3. The predicted molar refractivity (Wildman–Crippen MR) is 492 cm³/mol. The number of nitrogens with one attached hydrogen (secondary N) is 2. The average molecular weight is 1680 g/mol. The molecule has 3 aliphatic heterocycles. The van der Waals surface area contributed by atoms with Crippen LogP contribution in [-0.4, -0.2) is 245 Å². The van der Waals surface area contributed by atoms with E-state index in [-0.39, 0.29) is 24.0 Å². The van der Waals surface area contributed by atoms with Gasteiger partial charge in [-0.05, 0) is 182 Å². The molecule has 3 atom stereocenters. The summed E-state index contributed by atoms with van der Waals surface area (Å²) in [5.41, 5.74) is 13.1. The molecule has 0 spiro atoms. The molecule has 2 amide bonds. The van der Waals surface area contributed by atoms with Gasteiger partial charge >= 0.3 is 6.09 Å². The molecule has 15 rings (SSSR count). The zero-order valence-corrected chi connectivity index (χ0v) is 73.4. The number of alkyl carbamates (subject to hydrolysis) is 1. The molecule has 3 saturated heterocycles. The Morgan fingerprint density at radius 1 is 0.395 bits per heavy atom. The Hall–Kier alpha value is -13.9. The highest BCUT2D eigenvalue weighted by Crippen LogP contribution is 2.38. The van der Waals surface area contributed by atoms with Crippen LogP contribution in [0.1, 0.15) is 75.0 Å². The van der Waals surface area contributed by atoms with Gasteiger partial charge < -0.3 is 83.8 Å². The summed E-state index contributed by atoms with van der Waals surface area (Å²) in [7, 11) is 25.3. The minimum atomic E-state index is -0.563. The molecule has 0 aliphatic carbocycles. The van der Waals surface area contributed by atoms with E-state index >= 15 is 0 Å². The number of fused-ring (bicyclic) bond motifs is 3. The zero-order chi connectivity index (χ0) is 87.9. The third kappa shape index (κ3) is 22.0. The molecule has 644 valence electrons. The summed E-state index contributed by atoms with van der Waals surface area (Å²) in [4.78, 5) is 96.9. The molecule has 3 aliphatic rings. The number of carbonyl (C=O) groups is 2. The van der Waals surface area contributed by atoms with E-state index in [9.17, 15) is 9.59 Å². The Kier molecular flexibility index (Phi) is 28.1. The molecule has 0 bridgehead atoms. The number of benzene rings is 6. The fourth-order valence-corrected chi connectivity index (χ4v) is 14.6. The lowest BCUT2D eigenvalue weighted by molar-refractivity contribution is -0.122. The smallest absolute Gasteiger partial charge is 0.407 e. The molecule has 124 heavy (non-hydrogen) atoms. The van der Waals surface area contributed by atoms with Crippen molar-refractivity contribution in [3.05, 3.63) is 181 Å². The Morgan fingerprint density at radius 3 is 1.02 bits per heavy atom. The lowest BCUT2D eigenvalue weighted by Gasteiger charge is -2.22. The second-order valence-corrected chi connectivity index (χ2v) is 31.9. The summed E-state index contributed by atoms with van der Waals surface area (Å²) >= 11 is 0. The monoisotopic (exact) mass is 1680 g/mol. The molecule has 31 heteroatoms. The molecule has 9 heterocycles. The Labute approximate surface area is 723 Å². The minimum absolute atomic E-state index is 0.0154. The minimum Gasteiger partial charge on any atom is -0.493 e. The van der Waals surface area contributed by atoms with Gasteiger partial charge in [-0.15, -0.1) is 0 Å². The largest absolute Gasteiger partial charge is 0.493 e. The van der Waals surface area contributed by atoms with Crippen molar-refractivity contribution >= 4 is 116 Å². The number of nitrogens with zero attached hydrogens (tertiary/aromatic N) is 19. The molecule has 0 radical (unpaired) electrons. The van der Waals surface area contributed by atoms with Gasteiger partial charge in [0.1, 0.15) is 40.5 Å². The summed E-state index contributed by atoms with van der Waals surface area (Å²) < 4.78 is 38.3. The number of hydrogen-bond acceptors (Lipinski definition) is 29. The molecular weight excluding hydrogens is 1570 g/mol. The van der Waals surface area contributed by atoms with Crippen LogP contribution in [-0.2, 0) is 9.53 Å². The third-order valence-corrected chi connectivity index (χ3v) is 20.6. The fourth-order valence-electron chi connectivity index (χ4n) is 14.6. The van der Waals surface area contributed by atoms with E-state index in [0.717, 1.165) is 135 Å². The fraction of sp³-hybridized carbons (Fsp3) is 0.333. The third-order valence-electron chi connectivity index (χ3n) is 20.6. The van der Waals surface area contributed by atoms with Crippen molar-refractivity contribution in [2.24, 2.45) is 5.73 Å². The molecular formula is C93H108N22O9. The Morgan fingerprint density at radius 2 is 0.710 bits per heavy atom. The van der Waals surface area contributed by atoms with E-state index in [0.29, 0.717) is 101 Å². The van der Waals surface area contributed by atoms with E-state index in [2.05, 4.69) is 25.3 Å². The number of carbonyl (C=O) groups excluding carboxylic acids is 2. The van der Waals surface area contributed by atoms with E-state index in [1.165, 1.54) is 0 Å². The number of likely N-dealkylation sites (N-methyl/N-ethyl adjacent to an activating group) is 1. The quantitative estimate of drug-likeness (QED) is 0.0478. The topological polar surface area (TPSA) is 326 Å². The van der Waals surface area contributed by atoms with Crippen LogP contribution in [0.2, 0.25) is 0 Å². The summed E-state index contributed by atoms with van der Waals surface area (Å²) in [6, 6.07) is 47.1. The van der Waals surface area contributed by atoms with Crippen LogP contribution >= 0.6 is 0 Å². The lowest BCUT2D eigenvalue weighted by atomic mass is 10.1. The molecule has 6 aromatic heterocycles. The normalized spacial score (nSPS) is 15.2. The number of methoxy groups -OCH3 is 6. The van der Waals surface area contributed by atoms with Crippen molar-refractivity contribution in [3.8, 4) is 68.3 Å². The van der Waals surface area contributed by atoms with Crippen molar-refractivity contribution in [3.63, 3.8) is 0 Å². The molecule has 12 aromatic rings. The van der Waals surface area contributed by atoms with E-state index in [4.69, 9.17) is 98.7 Å². The second-order valence-electron chi connectivity index (χ2n) is 31.9. The highest BCUT2D eigenvalue weighted by Gasteiger charge is 2.30. The first-order valence-corrected chi connectivity index (χ1v) is 40.9. The maximum absolute atomic E-state index is 12.4. The first-order chi connectivity index (χ1) is 59.7. The van der Waals surface area contributed by atoms with Gasteiger partial charge in [0.05, 0.1) is 88.9 Å². The van der Waals surface area contributed by atoms with Crippen molar-refractivity contribution in [2.45, 2.75) is 63.8 Å². The van der Waals surface area contributed by atoms with Crippen LogP contribution in [0, 0.1) is 0 Å². The lowest BCUT2D eigenvalue weighted by Crippen LogP contribution is -2.41. The molecule has 4 N–H and O–H groups in total. The van der Waals surface area contributed by atoms with Crippen LogP contribution in [0.5, 0.6) is 34.5 Å².